The van der Waals surface area contributed by atoms with Gasteiger partial charge in [-0.3, -0.25) is 10.2 Å². The second-order valence-corrected chi connectivity index (χ2v) is 5.11. The molecule has 3 atom stereocenters. The molecule has 2 N–H and O–H groups in total. The molecule has 1 rings (SSSR count). The van der Waals surface area contributed by atoms with Crippen molar-refractivity contribution in [1.29, 1.82) is 0 Å². The molecule has 0 aromatic rings. The lowest BCUT2D eigenvalue weighted by molar-refractivity contribution is -0.146. The predicted octanol–water partition coefficient (Wildman–Crippen LogP) is 1.32. The number of hydrogen-bond donors (Lipinski definition) is 2. The van der Waals surface area contributed by atoms with E-state index in [9.17, 15) is 4.79 Å². The number of nitrogens with one attached hydrogen (secondary N) is 2. The molecule has 0 spiro atoms. The fourth-order valence-corrected chi connectivity index (χ4v) is 2.44. The molecule has 1 fully saturated rings. The summed E-state index contributed by atoms with van der Waals surface area (Å²) in [5.41, 5.74) is 6.31. The minimum absolute atomic E-state index is 0.142. The first kappa shape index (κ1) is 13.5. The van der Waals surface area contributed by atoms with Crippen molar-refractivity contribution in [3.8, 4) is 0 Å². The summed E-state index contributed by atoms with van der Waals surface area (Å²) >= 11 is 0. The van der Waals surface area contributed by atoms with Crippen LogP contribution in [0.4, 0.5) is 0 Å². The molecule has 3 unspecified atom stereocenters. The minimum Gasteiger partial charge on any atom is -0.465 e. The van der Waals surface area contributed by atoms with Crippen molar-refractivity contribution in [2.75, 3.05) is 6.61 Å². The molecule has 0 saturated carbocycles. The van der Waals surface area contributed by atoms with Gasteiger partial charge in [0.05, 0.1) is 6.61 Å². The predicted molar refractivity (Wildman–Crippen MR) is 63.6 cm³/mol. The van der Waals surface area contributed by atoms with Crippen LogP contribution >= 0.6 is 0 Å². The third-order valence-electron chi connectivity index (χ3n) is 3.23. The molecule has 1 heterocycles. The lowest BCUT2D eigenvalue weighted by atomic mass is 9.80. The number of hydrazine groups is 1. The van der Waals surface area contributed by atoms with Gasteiger partial charge in [-0.15, -0.1) is 0 Å². The second-order valence-electron chi connectivity index (χ2n) is 5.11. The molecule has 0 aliphatic carbocycles. The summed E-state index contributed by atoms with van der Waals surface area (Å²) in [5.74, 6) is 1.10. The van der Waals surface area contributed by atoms with Gasteiger partial charge in [0.15, 0.2) is 0 Å². The Morgan fingerprint density at radius 3 is 2.25 bits per heavy atom. The Hall–Kier alpha value is -0.610. The Kier molecular flexibility index (Phi) is 4.74. The van der Waals surface area contributed by atoms with E-state index < -0.39 is 0 Å². The third kappa shape index (κ3) is 2.74. The summed E-state index contributed by atoms with van der Waals surface area (Å²) in [6.07, 6.45) is 0. The summed E-state index contributed by atoms with van der Waals surface area (Å²) in [7, 11) is 0. The molecule has 0 bridgehead atoms. The molecule has 1 saturated heterocycles. The molecule has 1 aliphatic heterocycles. The van der Waals surface area contributed by atoms with Gasteiger partial charge in [-0.25, -0.2) is 5.43 Å². The molecule has 16 heavy (non-hydrogen) atoms. The number of esters is 1. The van der Waals surface area contributed by atoms with Crippen molar-refractivity contribution in [2.45, 2.75) is 46.7 Å². The summed E-state index contributed by atoms with van der Waals surface area (Å²) in [6, 6.07) is 0.113. The first-order valence-electron chi connectivity index (χ1n) is 6.16. The Morgan fingerprint density at radius 2 is 1.81 bits per heavy atom. The smallest absolute Gasteiger partial charge is 0.324 e. The lowest BCUT2D eigenvalue weighted by Crippen LogP contribution is -2.41. The summed E-state index contributed by atoms with van der Waals surface area (Å²) in [5, 5.41) is 0. The zero-order chi connectivity index (χ0) is 12.3. The van der Waals surface area contributed by atoms with Crippen LogP contribution in [-0.4, -0.2) is 24.7 Å². The highest BCUT2D eigenvalue weighted by atomic mass is 16.5. The van der Waals surface area contributed by atoms with Gasteiger partial charge < -0.3 is 4.74 Å². The fraction of sp³-hybridized carbons (Fsp3) is 0.917. The van der Waals surface area contributed by atoms with Gasteiger partial charge in [0.1, 0.15) is 6.04 Å². The molecule has 4 nitrogen and oxygen atoms in total. The van der Waals surface area contributed by atoms with Gasteiger partial charge in [-0.2, -0.15) is 0 Å². The van der Waals surface area contributed by atoms with Gasteiger partial charge in [0, 0.05) is 12.0 Å². The van der Waals surface area contributed by atoms with Crippen molar-refractivity contribution in [3.63, 3.8) is 0 Å². The second kappa shape index (κ2) is 5.64. The van der Waals surface area contributed by atoms with Gasteiger partial charge in [0.2, 0.25) is 0 Å². The maximum absolute atomic E-state index is 11.8. The van der Waals surface area contributed by atoms with Gasteiger partial charge >= 0.3 is 5.97 Å². The van der Waals surface area contributed by atoms with Crippen molar-refractivity contribution in [3.05, 3.63) is 0 Å². The van der Waals surface area contributed by atoms with E-state index in [1.54, 1.807) is 0 Å². The molecule has 0 aromatic heterocycles. The van der Waals surface area contributed by atoms with Crippen LogP contribution in [0.15, 0.2) is 0 Å². The van der Waals surface area contributed by atoms with E-state index in [4.69, 9.17) is 4.74 Å². The van der Waals surface area contributed by atoms with E-state index in [2.05, 4.69) is 38.5 Å². The monoisotopic (exact) mass is 228 g/mol. The lowest BCUT2D eigenvalue weighted by Gasteiger charge is -2.27. The zero-order valence-corrected chi connectivity index (χ0v) is 10.9. The summed E-state index contributed by atoms with van der Waals surface area (Å²) in [6.45, 7) is 10.9. The number of hydrogen-bond acceptors (Lipinski definition) is 4. The SMILES string of the molecule is CCOC(=O)C1NNC(C(C)C)C1C(C)C. The number of ether oxygens (including phenoxy) is 1. The van der Waals surface area contributed by atoms with Crippen LogP contribution in [-0.2, 0) is 9.53 Å². The highest BCUT2D eigenvalue weighted by molar-refractivity contribution is 5.76. The van der Waals surface area contributed by atoms with Gasteiger partial charge in [-0.05, 0) is 18.8 Å². The topological polar surface area (TPSA) is 50.4 Å². The maximum Gasteiger partial charge on any atom is 0.324 e. The van der Waals surface area contributed by atoms with E-state index in [1.807, 2.05) is 6.92 Å². The minimum atomic E-state index is -0.215. The van der Waals surface area contributed by atoms with E-state index >= 15 is 0 Å². The maximum atomic E-state index is 11.8. The highest BCUT2D eigenvalue weighted by Crippen LogP contribution is 2.28. The van der Waals surface area contributed by atoms with Crippen molar-refractivity contribution in [1.82, 2.24) is 10.9 Å². The van der Waals surface area contributed by atoms with Gasteiger partial charge in [-0.1, -0.05) is 27.7 Å². The molecule has 0 amide bonds. The Morgan fingerprint density at radius 1 is 1.19 bits per heavy atom. The van der Waals surface area contributed by atoms with Crippen LogP contribution in [0.2, 0.25) is 0 Å². The van der Waals surface area contributed by atoms with E-state index in [0.29, 0.717) is 30.4 Å². The standard InChI is InChI=1S/C12H24N2O2/c1-6-16-12(15)11-9(7(2)3)10(8(4)5)13-14-11/h7-11,13-14H,6H2,1-5H3. The first-order valence-corrected chi connectivity index (χ1v) is 6.16. The number of rotatable bonds is 4. The molecule has 0 aromatic carbocycles. The number of carbonyl (C=O) groups is 1. The van der Waals surface area contributed by atoms with Crippen LogP contribution in [0, 0.1) is 17.8 Å². The quantitative estimate of drug-likeness (QED) is 0.713. The fourth-order valence-electron chi connectivity index (χ4n) is 2.44. The van der Waals surface area contributed by atoms with Crippen LogP contribution < -0.4 is 10.9 Å². The summed E-state index contributed by atoms with van der Waals surface area (Å²) in [4.78, 5) is 11.8. The largest absolute Gasteiger partial charge is 0.465 e. The Bertz CT molecular complexity index is 241. The van der Waals surface area contributed by atoms with Crippen molar-refractivity contribution in [2.24, 2.45) is 17.8 Å². The molecule has 0 radical (unpaired) electrons. The van der Waals surface area contributed by atoms with Gasteiger partial charge in [0.25, 0.3) is 0 Å². The zero-order valence-electron chi connectivity index (χ0n) is 10.9. The number of carbonyl (C=O) groups excluding carboxylic acids is 1. The van der Waals surface area contributed by atoms with Crippen molar-refractivity contribution >= 4 is 5.97 Å². The first-order chi connectivity index (χ1) is 7.49. The molecule has 94 valence electrons. The van der Waals surface area contributed by atoms with Crippen LogP contribution in [0.5, 0.6) is 0 Å². The van der Waals surface area contributed by atoms with E-state index in [-0.39, 0.29) is 12.0 Å². The van der Waals surface area contributed by atoms with Crippen LogP contribution in [0.3, 0.4) is 0 Å². The van der Waals surface area contributed by atoms with Crippen LogP contribution in [0.25, 0.3) is 0 Å². The molecule has 4 heteroatoms. The normalized spacial score (nSPS) is 30.1. The van der Waals surface area contributed by atoms with Crippen LogP contribution in [0.1, 0.15) is 34.6 Å². The molecule has 1 aliphatic rings. The molecular weight excluding hydrogens is 204 g/mol. The van der Waals surface area contributed by atoms with E-state index in [0.717, 1.165) is 0 Å². The van der Waals surface area contributed by atoms with E-state index in [1.165, 1.54) is 0 Å². The Balaban J connectivity index is 2.75. The average molecular weight is 228 g/mol. The van der Waals surface area contributed by atoms with Crippen molar-refractivity contribution < 1.29 is 9.53 Å². The Labute approximate surface area is 98.1 Å². The average Bonchev–Trinajstić information content (AvgIpc) is 2.61. The third-order valence-corrected chi connectivity index (χ3v) is 3.23. The highest BCUT2D eigenvalue weighted by Gasteiger charge is 2.43. The summed E-state index contributed by atoms with van der Waals surface area (Å²) < 4.78 is 5.09. The molecular formula is C12H24N2O2.